The monoisotopic (exact) mass is 220 g/mol. The smallest absolute Gasteiger partial charge is 0.435 e. The summed E-state index contributed by atoms with van der Waals surface area (Å²) in [7, 11) is 0. The predicted molar refractivity (Wildman–Crippen MR) is 50.6 cm³/mol. The van der Waals surface area contributed by atoms with Crippen LogP contribution in [0.25, 0.3) is 0 Å². The first kappa shape index (κ1) is 13.5. The fourth-order valence-electron chi connectivity index (χ4n) is 0.637. The topological polar surface area (TPSA) is 71.1 Å². The molecule has 0 aliphatic rings. The van der Waals surface area contributed by atoms with E-state index in [-0.39, 0.29) is 19.8 Å². The fraction of sp³-hybridized carbons (Fsp3) is 0.778. The molecule has 0 unspecified atom stereocenters. The SMILES string of the molecule is CCCOC(=O)OCCOC(=O)OCC. The lowest BCUT2D eigenvalue weighted by atomic mass is 10.5. The number of hydrogen-bond acceptors (Lipinski definition) is 6. The van der Waals surface area contributed by atoms with Crippen LogP contribution in [0.1, 0.15) is 20.3 Å². The molecule has 0 aliphatic carbocycles. The second kappa shape index (κ2) is 9.11. The maximum atomic E-state index is 10.8. The fourth-order valence-corrected chi connectivity index (χ4v) is 0.637. The van der Waals surface area contributed by atoms with Gasteiger partial charge in [-0.15, -0.1) is 0 Å². The molecule has 0 radical (unpaired) electrons. The number of hydrogen-bond donors (Lipinski definition) is 0. The van der Waals surface area contributed by atoms with Crippen molar-refractivity contribution in [1.82, 2.24) is 0 Å². The van der Waals surface area contributed by atoms with Crippen LogP contribution in [0.4, 0.5) is 9.59 Å². The standard InChI is InChI=1S/C9H16O6/c1-3-5-13-9(11)15-7-6-14-8(10)12-4-2/h3-7H2,1-2H3. The van der Waals surface area contributed by atoms with E-state index >= 15 is 0 Å². The molecule has 0 aromatic heterocycles. The van der Waals surface area contributed by atoms with E-state index in [1.54, 1.807) is 6.92 Å². The lowest BCUT2D eigenvalue weighted by Gasteiger charge is -2.06. The lowest BCUT2D eigenvalue weighted by Crippen LogP contribution is -2.15. The molecule has 0 bridgehead atoms. The Bertz CT molecular complexity index is 191. The van der Waals surface area contributed by atoms with Crippen molar-refractivity contribution in [1.29, 1.82) is 0 Å². The average Bonchev–Trinajstić information content (AvgIpc) is 2.22. The quantitative estimate of drug-likeness (QED) is 0.501. The Labute approximate surface area is 88.4 Å². The van der Waals surface area contributed by atoms with E-state index in [9.17, 15) is 9.59 Å². The van der Waals surface area contributed by atoms with Crippen LogP contribution in [0.5, 0.6) is 0 Å². The summed E-state index contributed by atoms with van der Waals surface area (Å²) in [6.45, 7) is 4.02. The molecule has 0 aromatic carbocycles. The zero-order chi connectivity index (χ0) is 11.5. The highest BCUT2D eigenvalue weighted by molar-refractivity contribution is 5.60. The highest BCUT2D eigenvalue weighted by atomic mass is 16.7. The molecule has 0 aliphatic heterocycles. The van der Waals surface area contributed by atoms with Crippen molar-refractivity contribution in [3.05, 3.63) is 0 Å². The van der Waals surface area contributed by atoms with Gasteiger partial charge in [0.05, 0.1) is 13.2 Å². The second-order valence-corrected chi connectivity index (χ2v) is 2.48. The summed E-state index contributed by atoms with van der Waals surface area (Å²) in [6, 6.07) is 0. The van der Waals surface area contributed by atoms with Gasteiger partial charge in [0.15, 0.2) is 0 Å². The molecular weight excluding hydrogens is 204 g/mol. The van der Waals surface area contributed by atoms with E-state index in [1.807, 2.05) is 6.92 Å². The van der Waals surface area contributed by atoms with Crippen molar-refractivity contribution in [3.8, 4) is 0 Å². The summed E-state index contributed by atoms with van der Waals surface area (Å²) in [5.74, 6) is 0. The first-order valence-electron chi connectivity index (χ1n) is 4.79. The van der Waals surface area contributed by atoms with Gasteiger partial charge in [-0.1, -0.05) is 6.92 Å². The molecule has 15 heavy (non-hydrogen) atoms. The Hall–Kier alpha value is -1.46. The molecule has 88 valence electrons. The van der Waals surface area contributed by atoms with Crippen LogP contribution in [-0.4, -0.2) is 38.7 Å². The van der Waals surface area contributed by atoms with E-state index in [2.05, 4.69) is 18.9 Å². The number of carbonyl (C=O) groups is 2. The molecule has 0 heterocycles. The Morgan fingerprint density at radius 2 is 1.27 bits per heavy atom. The van der Waals surface area contributed by atoms with Gasteiger partial charge in [-0.2, -0.15) is 0 Å². The van der Waals surface area contributed by atoms with Crippen LogP contribution in [-0.2, 0) is 18.9 Å². The Morgan fingerprint density at radius 3 is 1.73 bits per heavy atom. The average molecular weight is 220 g/mol. The van der Waals surface area contributed by atoms with E-state index < -0.39 is 12.3 Å². The van der Waals surface area contributed by atoms with Crippen LogP contribution < -0.4 is 0 Å². The normalized spacial score (nSPS) is 9.20. The molecule has 0 amide bonds. The van der Waals surface area contributed by atoms with Gasteiger partial charge >= 0.3 is 12.3 Å². The predicted octanol–water partition coefficient (Wildman–Crippen LogP) is 1.72. The van der Waals surface area contributed by atoms with Crippen molar-refractivity contribution < 1.29 is 28.5 Å². The van der Waals surface area contributed by atoms with Crippen LogP contribution in [0.15, 0.2) is 0 Å². The molecule has 0 spiro atoms. The molecule has 6 nitrogen and oxygen atoms in total. The van der Waals surface area contributed by atoms with Gasteiger partial charge in [0.25, 0.3) is 0 Å². The molecule has 6 heteroatoms. The Morgan fingerprint density at radius 1 is 0.800 bits per heavy atom. The minimum Gasteiger partial charge on any atom is -0.435 e. The molecule has 0 N–H and O–H groups in total. The summed E-state index contributed by atoms with van der Waals surface area (Å²) < 4.78 is 18.2. The number of rotatable bonds is 6. The highest BCUT2D eigenvalue weighted by Crippen LogP contribution is 1.89. The summed E-state index contributed by atoms with van der Waals surface area (Å²) in [6.07, 6.45) is -0.804. The van der Waals surface area contributed by atoms with Gasteiger partial charge in [-0.25, -0.2) is 9.59 Å². The van der Waals surface area contributed by atoms with Gasteiger partial charge in [0, 0.05) is 0 Å². The zero-order valence-electron chi connectivity index (χ0n) is 8.99. The minimum absolute atomic E-state index is 0.0403. The molecule has 0 saturated carbocycles. The Kier molecular flexibility index (Phi) is 8.22. The van der Waals surface area contributed by atoms with Crippen molar-refractivity contribution in [3.63, 3.8) is 0 Å². The van der Waals surface area contributed by atoms with Gasteiger partial charge in [0.2, 0.25) is 0 Å². The molecule has 0 aromatic rings. The Balaban J connectivity index is 3.30. The maximum absolute atomic E-state index is 10.8. The summed E-state index contributed by atoms with van der Waals surface area (Å²) >= 11 is 0. The van der Waals surface area contributed by atoms with Gasteiger partial charge < -0.3 is 18.9 Å². The van der Waals surface area contributed by atoms with Crippen LogP contribution in [0.3, 0.4) is 0 Å². The van der Waals surface area contributed by atoms with E-state index in [0.717, 1.165) is 6.42 Å². The van der Waals surface area contributed by atoms with Gasteiger partial charge in [-0.05, 0) is 13.3 Å². The zero-order valence-corrected chi connectivity index (χ0v) is 8.99. The van der Waals surface area contributed by atoms with Crippen LogP contribution >= 0.6 is 0 Å². The second-order valence-electron chi connectivity index (χ2n) is 2.48. The molecule has 0 rings (SSSR count). The molecule has 0 fully saturated rings. The third-order valence-corrected chi connectivity index (χ3v) is 1.21. The highest BCUT2D eigenvalue weighted by Gasteiger charge is 2.05. The van der Waals surface area contributed by atoms with Crippen molar-refractivity contribution in [2.75, 3.05) is 26.4 Å². The third kappa shape index (κ3) is 8.86. The van der Waals surface area contributed by atoms with Crippen molar-refractivity contribution >= 4 is 12.3 Å². The minimum atomic E-state index is -0.775. The molecular formula is C9H16O6. The summed E-state index contributed by atoms with van der Waals surface area (Å²) in [5, 5.41) is 0. The van der Waals surface area contributed by atoms with E-state index in [0.29, 0.717) is 6.61 Å². The van der Waals surface area contributed by atoms with Crippen LogP contribution in [0, 0.1) is 0 Å². The first-order valence-corrected chi connectivity index (χ1v) is 4.79. The number of carbonyl (C=O) groups excluding carboxylic acids is 2. The van der Waals surface area contributed by atoms with Crippen molar-refractivity contribution in [2.24, 2.45) is 0 Å². The lowest BCUT2D eigenvalue weighted by molar-refractivity contribution is 0.0198. The maximum Gasteiger partial charge on any atom is 0.508 e. The number of ether oxygens (including phenoxy) is 4. The van der Waals surface area contributed by atoms with Crippen LogP contribution in [0.2, 0.25) is 0 Å². The summed E-state index contributed by atoms with van der Waals surface area (Å²) in [4.78, 5) is 21.4. The van der Waals surface area contributed by atoms with E-state index in [4.69, 9.17) is 0 Å². The molecule has 0 atom stereocenters. The largest absolute Gasteiger partial charge is 0.508 e. The van der Waals surface area contributed by atoms with Gasteiger partial charge in [-0.3, -0.25) is 0 Å². The van der Waals surface area contributed by atoms with Gasteiger partial charge in [0.1, 0.15) is 13.2 Å². The van der Waals surface area contributed by atoms with E-state index in [1.165, 1.54) is 0 Å². The molecule has 0 saturated heterocycles. The first-order chi connectivity index (χ1) is 7.20. The third-order valence-electron chi connectivity index (χ3n) is 1.21. The summed E-state index contributed by atoms with van der Waals surface area (Å²) in [5.41, 5.74) is 0. The van der Waals surface area contributed by atoms with Crippen molar-refractivity contribution in [2.45, 2.75) is 20.3 Å².